The number of halogens is 1. The third-order valence-corrected chi connectivity index (χ3v) is 4.98. The molecule has 9 heteroatoms. The Morgan fingerprint density at radius 1 is 1.35 bits per heavy atom. The minimum absolute atomic E-state index is 0. The summed E-state index contributed by atoms with van der Waals surface area (Å²) in [5, 5.41) is 22.0. The number of rotatable bonds is 6. The van der Waals surface area contributed by atoms with Gasteiger partial charge in [0.1, 0.15) is 24.8 Å². The molecule has 140 valence electrons. The summed E-state index contributed by atoms with van der Waals surface area (Å²) in [7, 11) is 1.84. The van der Waals surface area contributed by atoms with Crippen LogP contribution in [-0.2, 0) is 13.6 Å². The van der Waals surface area contributed by atoms with Crippen molar-refractivity contribution in [3.63, 3.8) is 0 Å². The quantitative estimate of drug-likeness (QED) is 0.283. The molecular formula is C17H23IN6OS. The molecule has 1 unspecified atom stereocenters. The predicted octanol–water partition coefficient (Wildman–Crippen LogP) is 2.44. The molecular weight excluding hydrogens is 463 g/mol. The number of hydrogen-bond donors (Lipinski definition) is 3. The molecule has 2 heterocycles. The van der Waals surface area contributed by atoms with Crippen LogP contribution in [0, 0.1) is 0 Å². The molecule has 0 spiro atoms. The molecule has 3 aromatic rings. The van der Waals surface area contributed by atoms with Crippen molar-refractivity contribution >= 4 is 51.4 Å². The lowest BCUT2D eigenvalue weighted by Gasteiger charge is -2.14. The van der Waals surface area contributed by atoms with Gasteiger partial charge in [-0.05, 0) is 24.4 Å². The number of thiophene rings is 1. The van der Waals surface area contributed by atoms with E-state index in [9.17, 15) is 5.11 Å². The van der Waals surface area contributed by atoms with E-state index >= 15 is 0 Å². The van der Waals surface area contributed by atoms with Crippen molar-refractivity contribution in [2.24, 2.45) is 12.0 Å². The molecule has 0 aliphatic heterocycles. The van der Waals surface area contributed by atoms with Crippen LogP contribution < -0.4 is 10.6 Å². The Kier molecular flexibility index (Phi) is 7.79. The van der Waals surface area contributed by atoms with Gasteiger partial charge in [-0.1, -0.05) is 18.2 Å². The summed E-state index contributed by atoms with van der Waals surface area (Å²) in [6.07, 6.45) is 0.923. The van der Waals surface area contributed by atoms with Crippen LogP contribution in [0.25, 0.3) is 10.1 Å². The van der Waals surface area contributed by atoms with Crippen molar-refractivity contribution in [2.45, 2.75) is 19.6 Å². The van der Waals surface area contributed by atoms with Gasteiger partial charge in [0.05, 0.1) is 0 Å². The Bertz CT molecular complexity index is 829. The number of hydrogen-bond acceptors (Lipinski definition) is 5. The Hall–Kier alpha value is -1.72. The highest BCUT2D eigenvalue weighted by Gasteiger charge is 2.12. The van der Waals surface area contributed by atoms with Crippen molar-refractivity contribution in [1.29, 1.82) is 0 Å². The maximum absolute atomic E-state index is 10.5. The third-order valence-electron chi connectivity index (χ3n) is 3.76. The summed E-state index contributed by atoms with van der Waals surface area (Å²) in [4.78, 5) is 9.59. The first-order chi connectivity index (χ1) is 12.2. The fourth-order valence-corrected chi connectivity index (χ4v) is 3.47. The van der Waals surface area contributed by atoms with Gasteiger partial charge in [-0.15, -0.1) is 35.3 Å². The monoisotopic (exact) mass is 486 g/mol. The summed E-state index contributed by atoms with van der Waals surface area (Å²) >= 11 is 1.61. The second kappa shape index (κ2) is 9.83. The molecule has 2 aromatic heterocycles. The van der Waals surface area contributed by atoms with Gasteiger partial charge in [0.25, 0.3) is 0 Å². The Balaban J connectivity index is 0.00000243. The molecule has 0 bridgehead atoms. The highest BCUT2D eigenvalue weighted by molar-refractivity contribution is 14.0. The van der Waals surface area contributed by atoms with Gasteiger partial charge >= 0.3 is 0 Å². The number of guanidine groups is 1. The van der Waals surface area contributed by atoms with Gasteiger partial charge in [0.15, 0.2) is 5.96 Å². The number of nitrogens with zero attached hydrogens (tertiary/aromatic N) is 4. The van der Waals surface area contributed by atoms with E-state index in [0.29, 0.717) is 19.0 Å². The number of aromatic nitrogens is 3. The minimum Gasteiger partial charge on any atom is -0.386 e. The van der Waals surface area contributed by atoms with Crippen LogP contribution in [0.15, 0.2) is 41.7 Å². The number of benzene rings is 1. The molecule has 0 fully saturated rings. The van der Waals surface area contributed by atoms with E-state index in [4.69, 9.17) is 0 Å². The number of fused-ring (bicyclic) bond motifs is 1. The van der Waals surface area contributed by atoms with Crippen molar-refractivity contribution in [1.82, 2.24) is 25.4 Å². The molecule has 0 saturated heterocycles. The van der Waals surface area contributed by atoms with Crippen LogP contribution in [0.2, 0.25) is 0 Å². The maximum atomic E-state index is 10.5. The van der Waals surface area contributed by atoms with E-state index in [0.717, 1.165) is 22.6 Å². The fraction of sp³-hybridized carbons (Fsp3) is 0.353. The molecule has 0 aliphatic carbocycles. The van der Waals surface area contributed by atoms with Crippen LogP contribution >= 0.6 is 35.3 Å². The second-order valence-corrected chi connectivity index (χ2v) is 6.69. The first kappa shape index (κ1) is 20.6. The fourth-order valence-electron chi connectivity index (χ4n) is 2.42. The summed E-state index contributed by atoms with van der Waals surface area (Å²) in [5.41, 5.74) is 0. The van der Waals surface area contributed by atoms with Gasteiger partial charge in [0.2, 0.25) is 0 Å². The lowest BCUT2D eigenvalue weighted by atomic mass is 10.2. The average molecular weight is 486 g/mol. The SMILES string of the molecule is CCNC(=NCc1ncnn1C)NCC(O)c1cc2ccccc2s1.I. The van der Waals surface area contributed by atoms with Crippen molar-refractivity contribution in [3.8, 4) is 0 Å². The van der Waals surface area contributed by atoms with Crippen LogP contribution in [0.5, 0.6) is 0 Å². The Morgan fingerprint density at radius 2 is 2.15 bits per heavy atom. The average Bonchev–Trinajstić information content (AvgIpc) is 3.23. The van der Waals surface area contributed by atoms with Crippen molar-refractivity contribution in [3.05, 3.63) is 47.4 Å². The molecule has 0 saturated carbocycles. The van der Waals surface area contributed by atoms with Crippen LogP contribution in [0.1, 0.15) is 23.7 Å². The van der Waals surface area contributed by atoms with Gasteiger partial charge in [0, 0.05) is 29.7 Å². The van der Waals surface area contributed by atoms with E-state index in [2.05, 4.69) is 37.8 Å². The number of aliphatic hydroxyl groups is 1. The largest absolute Gasteiger partial charge is 0.386 e. The number of nitrogens with one attached hydrogen (secondary N) is 2. The van der Waals surface area contributed by atoms with E-state index in [1.165, 1.54) is 11.0 Å². The summed E-state index contributed by atoms with van der Waals surface area (Å²) in [6.45, 7) is 3.55. The van der Waals surface area contributed by atoms with Gasteiger partial charge < -0.3 is 15.7 Å². The highest BCUT2D eigenvalue weighted by Crippen LogP contribution is 2.29. The first-order valence-electron chi connectivity index (χ1n) is 8.19. The van der Waals surface area contributed by atoms with Crippen molar-refractivity contribution in [2.75, 3.05) is 13.1 Å². The zero-order valence-electron chi connectivity index (χ0n) is 14.7. The number of aliphatic hydroxyl groups excluding tert-OH is 1. The molecule has 26 heavy (non-hydrogen) atoms. The molecule has 0 amide bonds. The van der Waals surface area contributed by atoms with Crippen LogP contribution in [0.4, 0.5) is 0 Å². The lowest BCUT2D eigenvalue weighted by Crippen LogP contribution is -2.39. The van der Waals surface area contributed by atoms with Crippen LogP contribution in [-0.4, -0.2) is 38.9 Å². The van der Waals surface area contributed by atoms with Gasteiger partial charge in [-0.2, -0.15) is 5.10 Å². The van der Waals surface area contributed by atoms with Gasteiger partial charge in [-0.3, -0.25) is 4.68 Å². The maximum Gasteiger partial charge on any atom is 0.191 e. The molecule has 3 rings (SSSR count). The summed E-state index contributed by atoms with van der Waals surface area (Å²) in [5.74, 6) is 1.42. The summed E-state index contributed by atoms with van der Waals surface area (Å²) in [6, 6.07) is 10.2. The summed E-state index contributed by atoms with van der Waals surface area (Å²) < 4.78 is 2.87. The molecule has 1 atom stereocenters. The highest BCUT2D eigenvalue weighted by atomic mass is 127. The Morgan fingerprint density at radius 3 is 2.85 bits per heavy atom. The smallest absolute Gasteiger partial charge is 0.191 e. The number of aliphatic imine (C=N–C) groups is 1. The first-order valence-corrected chi connectivity index (χ1v) is 9.00. The topological polar surface area (TPSA) is 87.4 Å². The lowest BCUT2D eigenvalue weighted by molar-refractivity contribution is 0.184. The van der Waals surface area contributed by atoms with E-state index in [1.54, 1.807) is 16.0 Å². The number of aryl methyl sites for hydroxylation is 1. The van der Waals surface area contributed by atoms with E-state index in [-0.39, 0.29) is 24.0 Å². The zero-order chi connectivity index (χ0) is 17.6. The zero-order valence-corrected chi connectivity index (χ0v) is 17.9. The molecule has 0 aliphatic rings. The Labute approximate surface area is 173 Å². The molecule has 3 N–H and O–H groups in total. The standard InChI is InChI=1S/C17H22N6OS.HI/c1-3-18-17(20-10-16-21-11-22-23(16)2)19-9-13(24)15-8-12-6-4-5-7-14(12)25-15;/h4-8,11,13,24H,3,9-10H2,1-2H3,(H2,18,19,20);1H. The third kappa shape index (κ3) is 5.15. The van der Waals surface area contributed by atoms with E-state index < -0.39 is 6.10 Å². The predicted molar refractivity (Wildman–Crippen MR) is 116 cm³/mol. The molecule has 1 aromatic carbocycles. The second-order valence-electron chi connectivity index (χ2n) is 5.58. The molecule has 7 nitrogen and oxygen atoms in total. The van der Waals surface area contributed by atoms with Crippen LogP contribution in [0.3, 0.4) is 0 Å². The normalized spacial score (nSPS) is 12.7. The molecule has 0 radical (unpaired) electrons. The van der Waals surface area contributed by atoms with Gasteiger partial charge in [-0.25, -0.2) is 9.98 Å². The van der Waals surface area contributed by atoms with Crippen molar-refractivity contribution < 1.29 is 5.11 Å². The minimum atomic E-state index is -0.587. The van der Waals surface area contributed by atoms with E-state index in [1.807, 2.05) is 32.2 Å².